The molecule has 0 aliphatic carbocycles. The summed E-state index contributed by atoms with van der Waals surface area (Å²) < 4.78 is 4.07. The fourth-order valence-electron chi connectivity index (χ4n) is 0.744. The standard InChI is InChI=1S/C6H5N3S2/c7-6-8-5(9-11-6)4-1-2-10-3-4/h1-3H,(H2,7,8,9). The first kappa shape index (κ1) is 6.75. The van der Waals surface area contributed by atoms with Gasteiger partial charge in [0.25, 0.3) is 0 Å². The van der Waals surface area contributed by atoms with Gasteiger partial charge in [0.2, 0.25) is 0 Å². The van der Waals surface area contributed by atoms with Crippen molar-refractivity contribution >= 4 is 28.0 Å². The average Bonchev–Trinajstić information content (AvgIpc) is 2.55. The molecule has 2 aromatic rings. The number of rotatable bonds is 1. The maximum Gasteiger partial charge on any atom is 0.200 e. The van der Waals surface area contributed by atoms with Crippen LogP contribution in [-0.4, -0.2) is 9.36 Å². The Kier molecular flexibility index (Phi) is 1.59. The van der Waals surface area contributed by atoms with Crippen molar-refractivity contribution < 1.29 is 0 Å². The zero-order chi connectivity index (χ0) is 7.68. The van der Waals surface area contributed by atoms with Crippen LogP contribution in [0.3, 0.4) is 0 Å². The molecule has 0 aliphatic heterocycles. The lowest BCUT2D eigenvalue weighted by molar-refractivity contribution is 1.34. The molecule has 0 unspecified atom stereocenters. The second kappa shape index (κ2) is 2.60. The van der Waals surface area contributed by atoms with E-state index >= 15 is 0 Å². The van der Waals surface area contributed by atoms with Crippen LogP contribution in [0.2, 0.25) is 0 Å². The number of hydrogen-bond acceptors (Lipinski definition) is 5. The van der Waals surface area contributed by atoms with Crippen LogP contribution in [0, 0.1) is 0 Å². The van der Waals surface area contributed by atoms with Crippen LogP contribution >= 0.6 is 22.9 Å². The van der Waals surface area contributed by atoms with Crippen LogP contribution in [0.4, 0.5) is 5.13 Å². The number of nitrogen functional groups attached to an aromatic ring is 1. The lowest BCUT2D eigenvalue weighted by atomic mass is 10.3. The van der Waals surface area contributed by atoms with E-state index in [2.05, 4.69) is 9.36 Å². The number of anilines is 1. The van der Waals surface area contributed by atoms with Gasteiger partial charge in [0.1, 0.15) is 0 Å². The summed E-state index contributed by atoms with van der Waals surface area (Å²) in [6.07, 6.45) is 0. The Morgan fingerprint density at radius 2 is 2.36 bits per heavy atom. The van der Waals surface area contributed by atoms with Crippen molar-refractivity contribution in [2.45, 2.75) is 0 Å². The average molecular weight is 183 g/mol. The molecule has 3 nitrogen and oxygen atoms in total. The van der Waals surface area contributed by atoms with Gasteiger partial charge in [-0.2, -0.15) is 20.7 Å². The minimum absolute atomic E-state index is 0.520. The highest BCUT2D eigenvalue weighted by molar-refractivity contribution is 7.09. The largest absolute Gasteiger partial charge is 0.374 e. The minimum Gasteiger partial charge on any atom is -0.374 e. The molecule has 5 heteroatoms. The summed E-state index contributed by atoms with van der Waals surface area (Å²) in [5.41, 5.74) is 6.48. The van der Waals surface area contributed by atoms with Gasteiger partial charge in [-0.3, -0.25) is 0 Å². The smallest absolute Gasteiger partial charge is 0.200 e. The first-order chi connectivity index (χ1) is 5.36. The Morgan fingerprint density at radius 3 is 2.91 bits per heavy atom. The predicted molar refractivity (Wildman–Crippen MR) is 47.6 cm³/mol. The number of aromatic nitrogens is 2. The monoisotopic (exact) mass is 183 g/mol. The zero-order valence-corrected chi connectivity index (χ0v) is 7.15. The maximum absolute atomic E-state index is 5.43. The van der Waals surface area contributed by atoms with Gasteiger partial charge in [0.15, 0.2) is 11.0 Å². The summed E-state index contributed by atoms with van der Waals surface area (Å²) in [6.45, 7) is 0. The van der Waals surface area contributed by atoms with E-state index in [-0.39, 0.29) is 0 Å². The van der Waals surface area contributed by atoms with Crippen molar-refractivity contribution in [2.24, 2.45) is 0 Å². The molecule has 0 aliphatic rings. The molecular weight excluding hydrogens is 178 g/mol. The van der Waals surface area contributed by atoms with Gasteiger partial charge in [-0.25, -0.2) is 0 Å². The molecule has 2 heterocycles. The van der Waals surface area contributed by atoms with Crippen LogP contribution in [0.1, 0.15) is 0 Å². The quantitative estimate of drug-likeness (QED) is 0.734. The molecule has 11 heavy (non-hydrogen) atoms. The van der Waals surface area contributed by atoms with Crippen LogP contribution in [0.15, 0.2) is 16.8 Å². The van der Waals surface area contributed by atoms with Gasteiger partial charge in [-0.15, -0.1) is 0 Å². The molecule has 2 rings (SSSR count). The van der Waals surface area contributed by atoms with Gasteiger partial charge in [0.05, 0.1) is 0 Å². The normalized spacial score (nSPS) is 10.2. The minimum atomic E-state index is 0.520. The molecule has 0 saturated carbocycles. The fraction of sp³-hybridized carbons (Fsp3) is 0. The van der Waals surface area contributed by atoms with Crippen molar-refractivity contribution in [2.75, 3.05) is 5.73 Å². The third kappa shape index (κ3) is 1.24. The third-order valence-corrected chi connectivity index (χ3v) is 2.45. The van der Waals surface area contributed by atoms with E-state index < -0.39 is 0 Å². The SMILES string of the molecule is Nc1nc(-c2ccsc2)ns1. The van der Waals surface area contributed by atoms with Gasteiger partial charge in [-0.1, -0.05) is 0 Å². The number of hydrogen-bond donors (Lipinski definition) is 1. The summed E-state index contributed by atoms with van der Waals surface area (Å²) in [5.74, 6) is 0.730. The Hall–Kier alpha value is -0.940. The predicted octanol–water partition coefficient (Wildman–Crippen LogP) is 1.85. The molecular formula is C6H5N3S2. The molecule has 0 fully saturated rings. The van der Waals surface area contributed by atoms with Crippen LogP contribution < -0.4 is 5.73 Å². The van der Waals surface area contributed by atoms with Crippen molar-refractivity contribution in [1.82, 2.24) is 9.36 Å². The van der Waals surface area contributed by atoms with Gasteiger partial charge in [-0.05, 0) is 11.4 Å². The molecule has 2 N–H and O–H groups in total. The molecule has 0 radical (unpaired) electrons. The highest BCUT2D eigenvalue weighted by atomic mass is 32.1. The van der Waals surface area contributed by atoms with Crippen molar-refractivity contribution in [3.8, 4) is 11.4 Å². The van der Waals surface area contributed by atoms with E-state index in [4.69, 9.17) is 5.73 Å². The van der Waals surface area contributed by atoms with E-state index in [1.807, 2.05) is 16.8 Å². The third-order valence-electron chi connectivity index (χ3n) is 1.22. The maximum atomic E-state index is 5.43. The Balaban J connectivity index is 2.45. The van der Waals surface area contributed by atoms with Crippen molar-refractivity contribution in [3.05, 3.63) is 16.8 Å². The Labute approximate surface area is 71.7 Å². The summed E-state index contributed by atoms with van der Waals surface area (Å²) in [4.78, 5) is 4.04. The summed E-state index contributed by atoms with van der Waals surface area (Å²) in [6, 6.07) is 1.98. The van der Waals surface area contributed by atoms with Gasteiger partial charge < -0.3 is 5.73 Å². The Bertz CT molecular complexity index is 338. The summed E-state index contributed by atoms with van der Waals surface area (Å²) >= 11 is 2.85. The summed E-state index contributed by atoms with van der Waals surface area (Å²) in [7, 11) is 0. The number of nitrogens with two attached hydrogens (primary N) is 1. The van der Waals surface area contributed by atoms with Crippen molar-refractivity contribution in [1.29, 1.82) is 0 Å². The molecule has 2 aromatic heterocycles. The molecule has 0 aromatic carbocycles. The molecule has 0 atom stereocenters. The first-order valence-electron chi connectivity index (χ1n) is 2.98. The van der Waals surface area contributed by atoms with E-state index in [9.17, 15) is 0 Å². The molecule has 56 valence electrons. The second-order valence-corrected chi connectivity index (χ2v) is 3.53. The zero-order valence-electron chi connectivity index (χ0n) is 5.52. The fourth-order valence-corrected chi connectivity index (χ4v) is 1.83. The van der Waals surface area contributed by atoms with Crippen molar-refractivity contribution in [3.63, 3.8) is 0 Å². The molecule has 0 spiro atoms. The number of thiophene rings is 1. The summed E-state index contributed by atoms with van der Waals surface area (Å²) in [5, 5.41) is 4.51. The highest BCUT2D eigenvalue weighted by Crippen LogP contribution is 2.20. The van der Waals surface area contributed by atoms with E-state index in [1.165, 1.54) is 11.5 Å². The Morgan fingerprint density at radius 1 is 1.45 bits per heavy atom. The van der Waals surface area contributed by atoms with E-state index in [0.29, 0.717) is 5.13 Å². The van der Waals surface area contributed by atoms with Gasteiger partial charge in [0, 0.05) is 22.5 Å². The highest BCUT2D eigenvalue weighted by Gasteiger charge is 2.02. The number of nitrogens with zero attached hydrogens (tertiary/aromatic N) is 2. The van der Waals surface area contributed by atoms with Crippen LogP contribution in [-0.2, 0) is 0 Å². The van der Waals surface area contributed by atoms with Crippen LogP contribution in [0.25, 0.3) is 11.4 Å². The topological polar surface area (TPSA) is 51.8 Å². The lowest BCUT2D eigenvalue weighted by Crippen LogP contribution is -1.81. The van der Waals surface area contributed by atoms with E-state index in [0.717, 1.165) is 11.4 Å². The van der Waals surface area contributed by atoms with Gasteiger partial charge >= 0.3 is 0 Å². The first-order valence-corrected chi connectivity index (χ1v) is 4.69. The van der Waals surface area contributed by atoms with E-state index in [1.54, 1.807) is 11.3 Å². The lowest BCUT2D eigenvalue weighted by Gasteiger charge is -1.82. The molecule has 0 saturated heterocycles. The molecule has 0 amide bonds. The van der Waals surface area contributed by atoms with Crippen LogP contribution in [0.5, 0.6) is 0 Å². The molecule has 0 bridgehead atoms. The second-order valence-electron chi connectivity index (χ2n) is 1.97.